The molecule has 28 heavy (non-hydrogen) atoms. The number of benzene rings is 2. The van der Waals surface area contributed by atoms with Crippen LogP contribution in [0.1, 0.15) is 69.4 Å². The van der Waals surface area contributed by atoms with Crippen LogP contribution in [0.3, 0.4) is 0 Å². The number of carbonyl (C=O) groups excluding carboxylic acids is 1. The fourth-order valence-corrected chi connectivity index (χ4v) is 3.71. The predicted octanol–water partition coefficient (Wildman–Crippen LogP) is 5.13. The van der Waals surface area contributed by atoms with Crippen molar-refractivity contribution in [2.45, 2.75) is 71.3 Å². The molecule has 1 aliphatic carbocycles. The fraction of sp³-hybridized carbons (Fsp3) is 0.458. The lowest BCUT2D eigenvalue weighted by Crippen LogP contribution is -2.36. The maximum Gasteiger partial charge on any atom is 0.254 e. The molecule has 2 aromatic carbocycles. The van der Waals surface area contributed by atoms with Gasteiger partial charge >= 0.3 is 0 Å². The highest BCUT2D eigenvalue weighted by atomic mass is 16.5. The maximum atomic E-state index is 13.2. The molecule has 0 saturated carbocycles. The number of nitrogens with one attached hydrogen (secondary N) is 1. The van der Waals surface area contributed by atoms with Crippen molar-refractivity contribution in [3.8, 4) is 5.75 Å². The second kappa shape index (κ2) is 9.24. The van der Waals surface area contributed by atoms with Gasteiger partial charge in [-0.25, -0.2) is 0 Å². The lowest BCUT2D eigenvalue weighted by atomic mass is 9.87. The molecule has 0 heterocycles. The number of hydrogen-bond acceptors (Lipinski definition) is 3. The van der Waals surface area contributed by atoms with E-state index in [1.54, 1.807) is 0 Å². The third-order valence-electron chi connectivity index (χ3n) is 4.87. The van der Waals surface area contributed by atoms with E-state index in [0.29, 0.717) is 0 Å². The molecule has 2 aromatic rings. The minimum atomic E-state index is -0.610. The third-order valence-corrected chi connectivity index (χ3v) is 4.87. The van der Waals surface area contributed by atoms with E-state index in [9.17, 15) is 4.79 Å². The van der Waals surface area contributed by atoms with Crippen LogP contribution in [0.5, 0.6) is 5.75 Å². The molecule has 1 amide bonds. The Labute approximate surface area is 168 Å². The number of amides is 1. The summed E-state index contributed by atoms with van der Waals surface area (Å²) in [6.45, 7) is 7.95. The van der Waals surface area contributed by atoms with Crippen molar-refractivity contribution >= 4 is 5.91 Å². The van der Waals surface area contributed by atoms with Gasteiger partial charge in [-0.05, 0) is 75.8 Å². The van der Waals surface area contributed by atoms with Crippen LogP contribution < -0.4 is 10.1 Å². The quantitative estimate of drug-likeness (QED) is 0.723. The number of ether oxygens (including phenoxy) is 2. The van der Waals surface area contributed by atoms with Crippen molar-refractivity contribution in [2.75, 3.05) is 0 Å². The van der Waals surface area contributed by atoms with Crippen molar-refractivity contribution in [3.05, 3.63) is 65.2 Å². The average molecular weight is 382 g/mol. The van der Waals surface area contributed by atoms with Gasteiger partial charge < -0.3 is 14.8 Å². The van der Waals surface area contributed by atoms with E-state index >= 15 is 0 Å². The Kier molecular flexibility index (Phi) is 6.74. The number of aryl methyl sites for hydroxylation is 1. The molecule has 1 unspecified atom stereocenters. The minimum Gasteiger partial charge on any atom is -0.491 e. The predicted molar refractivity (Wildman–Crippen MR) is 111 cm³/mol. The first kappa shape index (κ1) is 20.4. The summed E-state index contributed by atoms with van der Waals surface area (Å²) < 4.78 is 11.8. The van der Waals surface area contributed by atoms with Crippen LogP contribution in [-0.4, -0.2) is 18.1 Å². The van der Waals surface area contributed by atoms with Crippen molar-refractivity contribution in [1.82, 2.24) is 5.32 Å². The van der Waals surface area contributed by atoms with Crippen LogP contribution in [0.2, 0.25) is 0 Å². The van der Waals surface area contributed by atoms with Gasteiger partial charge in [0.1, 0.15) is 5.75 Å². The van der Waals surface area contributed by atoms with E-state index in [0.717, 1.165) is 36.1 Å². The van der Waals surface area contributed by atoms with Crippen LogP contribution in [0.4, 0.5) is 0 Å². The highest BCUT2D eigenvalue weighted by Crippen LogP contribution is 2.33. The molecular weight excluding hydrogens is 350 g/mol. The molecule has 0 radical (unpaired) electrons. The second-order valence-electron chi connectivity index (χ2n) is 7.96. The normalized spacial score (nSPS) is 17.3. The molecule has 150 valence electrons. The SMILES string of the molecule is CC(C)Oc1ccc2c(c1)[C@@H](NC(=O)C(OC(C)C)c1ccccc1)CCC2. The summed E-state index contributed by atoms with van der Waals surface area (Å²) in [5.41, 5.74) is 3.32. The number of fused-ring (bicyclic) bond motifs is 1. The van der Waals surface area contributed by atoms with Crippen molar-refractivity contribution in [2.24, 2.45) is 0 Å². The largest absolute Gasteiger partial charge is 0.491 e. The summed E-state index contributed by atoms with van der Waals surface area (Å²) in [5.74, 6) is 0.765. The van der Waals surface area contributed by atoms with Crippen LogP contribution >= 0.6 is 0 Å². The zero-order valence-corrected chi connectivity index (χ0v) is 17.3. The monoisotopic (exact) mass is 381 g/mol. The van der Waals surface area contributed by atoms with Gasteiger partial charge in [0.2, 0.25) is 0 Å². The molecule has 2 atom stereocenters. The van der Waals surface area contributed by atoms with Crippen LogP contribution in [0.15, 0.2) is 48.5 Å². The van der Waals surface area contributed by atoms with Gasteiger partial charge in [-0.2, -0.15) is 0 Å². The molecule has 1 aliphatic rings. The van der Waals surface area contributed by atoms with Crippen molar-refractivity contribution < 1.29 is 14.3 Å². The Morgan fingerprint density at radius 1 is 1.04 bits per heavy atom. The molecule has 0 spiro atoms. The lowest BCUT2D eigenvalue weighted by Gasteiger charge is -2.29. The van der Waals surface area contributed by atoms with Gasteiger partial charge in [0.05, 0.1) is 18.2 Å². The number of rotatable bonds is 7. The van der Waals surface area contributed by atoms with Gasteiger partial charge in [0, 0.05) is 0 Å². The Bertz CT molecular complexity index is 786. The molecular formula is C24H31NO3. The lowest BCUT2D eigenvalue weighted by molar-refractivity contribution is -0.137. The molecule has 4 heteroatoms. The van der Waals surface area contributed by atoms with Crippen LogP contribution in [0, 0.1) is 0 Å². The first-order valence-electron chi connectivity index (χ1n) is 10.2. The Hall–Kier alpha value is -2.33. The van der Waals surface area contributed by atoms with E-state index in [2.05, 4.69) is 17.4 Å². The molecule has 3 rings (SSSR count). The smallest absolute Gasteiger partial charge is 0.254 e. The molecule has 0 bridgehead atoms. The number of carbonyl (C=O) groups is 1. The summed E-state index contributed by atoms with van der Waals surface area (Å²) in [6, 6.07) is 15.9. The topological polar surface area (TPSA) is 47.6 Å². The summed E-state index contributed by atoms with van der Waals surface area (Å²) >= 11 is 0. The highest BCUT2D eigenvalue weighted by molar-refractivity contribution is 5.82. The third kappa shape index (κ3) is 5.14. The Balaban J connectivity index is 1.81. The summed E-state index contributed by atoms with van der Waals surface area (Å²) in [4.78, 5) is 13.2. The van der Waals surface area contributed by atoms with Gasteiger partial charge in [0.25, 0.3) is 5.91 Å². The average Bonchev–Trinajstić information content (AvgIpc) is 2.66. The minimum absolute atomic E-state index is 0.0195. The van der Waals surface area contributed by atoms with Crippen molar-refractivity contribution in [3.63, 3.8) is 0 Å². The molecule has 0 aromatic heterocycles. The van der Waals surface area contributed by atoms with Gasteiger partial charge in [-0.1, -0.05) is 36.4 Å². The summed E-state index contributed by atoms with van der Waals surface area (Å²) in [6.07, 6.45) is 2.49. The molecule has 0 saturated heterocycles. The zero-order valence-electron chi connectivity index (χ0n) is 17.3. The van der Waals surface area contributed by atoms with Gasteiger partial charge in [-0.15, -0.1) is 0 Å². The first-order valence-corrected chi connectivity index (χ1v) is 10.2. The van der Waals surface area contributed by atoms with Gasteiger partial charge in [-0.3, -0.25) is 4.79 Å². The Morgan fingerprint density at radius 2 is 1.79 bits per heavy atom. The fourth-order valence-electron chi connectivity index (χ4n) is 3.71. The molecule has 0 fully saturated rings. The van der Waals surface area contributed by atoms with Gasteiger partial charge in [0.15, 0.2) is 6.10 Å². The second-order valence-corrected chi connectivity index (χ2v) is 7.96. The van der Waals surface area contributed by atoms with E-state index in [1.165, 1.54) is 5.56 Å². The number of hydrogen-bond donors (Lipinski definition) is 1. The highest BCUT2D eigenvalue weighted by Gasteiger charge is 2.28. The van der Waals surface area contributed by atoms with E-state index in [-0.39, 0.29) is 24.2 Å². The molecule has 0 aliphatic heterocycles. The Morgan fingerprint density at radius 3 is 2.46 bits per heavy atom. The van der Waals surface area contributed by atoms with Crippen LogP contribution in [0.25, 0.3) is 0 Å². The van der Waals surface area contributed by atoms with Crippen molar-refractivity contribution in [1.29, 1.82) is 0 Å². The molecule has 1 N–H and O–H groups in total. The van der Waals surface area contributed by atoms with E-state index < -0.39 is 6.10 Å². The van der Waals surface area contributed by atoms with E-state index in [4.69, 9.17) is 9.47 Å². The first-order chi connectivity index (χ1) is 13.4. The zero-order chi connectivity index (χ0) is 20.1. The summed E-state index contributed by atoms with van der Waals surface area (Å²) in [5, 5.41) is 3.24. The summed E-state index contributed by atoms with van der Waals surface area (Å²) in [7, 11) is 0. The molecule has 4 nitrogen and oxygen atoms in total. The maximum absolute atomic E-state index is 13.2. The van der Waals surface area contributed by atoms with E-state index in [1.807, 2.05) is 64.1 Å². The van der Waals surface area contributed by atoms with Crippen LogP contribution in [-0.2, 0) is 16.0 Å². The standard InChI is InChI=1S/C24H31NO3/c1-16(2)27-20-14-13-18-11-8-12-22(21(18)15-20)25-24(26)23(28-17(3)4)19-9-6-5-7-10-19/h5-7,9-10,13-17,22-23H,8,11-12H2,1-4H3,(H,25,26)/t22-,23?/m0/s1.